The van der Waals surface area contributed by atoms with Gasteiger partial charge >= 0.3 is 0 Å². The van der Waals surface area contributed by atoms with Crippen LogP contribution in [0.5, 0.6) is 5.75 Å². The van der Waals surface area contributed by atoms with Crippen LogP contribution < -0.4 is 14.8 Å². The SMILES string of the molecule is Cn1cc2c(c1C(=O)Nc1ccc(F)c(Cl)c1)OCC(C(C)(C)O)NS2(=O)=O. The number of fused-ring (bicyclic) bond motifs is 1. The van der Waals surface area contributed by atoms with Gasteiger partial charge < -0.3 is 19.7 Å². The van der Waals surface area contributed by atoms with E-state index in [1.807, 2.05) is 0 Å². The number of nitrogens with zero attached hydrogens (tertiary/aromatic N) is 1. The molecule has 0 radical (unpaired) electrons. The fraction of sp³-hybridized carbons (Fsp3) is 0.353. The van der Waals surface area contributed by atoms with Crippen LogP contribution >= 0.6 is 11.6 Å². The van der Waals surface area contributed by atoms with E-state index >= 15 is 0 Å². The summed E-state index contributed by atoms with van der Waals surface area (Å²) in [7, 11) is -2.54. The van der Waals surface area contributed by atoms with Crippen molar-refractivity contribution >= 4 is 33.2 Å². The van der Waals surface area contributed by atoms with E-state index in [-0.39, 0.29) is 33.7 Å². The van der Waals surface area contributed by atoms with Crippen molar-refractivity contribution in [3.05, 3.63) is 40.9 Å². The van der Waals surface area contributed by atoms with Crippen molar-refractivity contribution < 1.29 is 27.4 Å². The van der Waals surface area contributed by atoms with E-state index in [1.165, 1.54) is 43.8 Å². The Morgan fingerprint density at radius 3 is 2.75 bits per heavy atom. The van der Waals surface area contributed by atoms with Crippen molar-refractivity contribution in [3.63, 3.8) is 0 Å². The molecule has 0 fully saturated rings. The summed E-state index contributed by atoms with van der Waals surface area (Å²) in [6, 6.07) is 2.74. The Hall–Kier alpha value is -2.14. The minimum absolute atomic E-state index is 0.0442. The molecule has 0 spiro atoms. The second-order valence-electron chi connectivity index (χ2n) is 7.00. The highest BCUT2D eigenvalue weighted by molar-refractivity contribution is 7.89. The summed E-state index contributed by atoms with van der Waals surface area (Å²) >= 11 is 5.72. The maximum atomic E-state index is 13.3. The molecule has 1 aromatic carbocycles. The number of carbonyl (C=O) groups excluding carboxylic acids is 1. The summed E-state index contributed by atoms with van der Waals surface area (Å²) in [5.41, 5.74) is -1.20. The number of aromatic nitrogens is 1. The minimum atomic E-state index is -4.04. The molecule has 11 heteroatoms. The van der Waals surface area contributed by atoms with Gasteiger partial charge in [0, 0.05) is 18.9 Å². The lowest BCUT2D eigenvalue weighted by Crippen LogP contribution is -2.51. The number of hydrogen-bond donors (Lipinski definition) is 3. The van der Waals surface area contributed by atoms with Crippen LogP contribution in [0.15, 0.2) is 29.3 Å². The van der Waals surface area contributed by atoms with Crippen molar-refractivity contribution in [1.82, 2.24) is 9.29 Å². The standard InChI is InChI=1S/C17H19ClFN3O5S/c1-17(2,24)13-8-27-15-12(28(25,26)21-13)7-22(3)14(15)16(23)20-9-4-5-11(19)10(18)6-9/h4-7,13,21,24H,8H2,1-3H3,(H,20,23). The molecule has 1 aliphatic rings. The molecule has 1 aromatic heterocycles. The van der Waals surface area contributed by atoms with Gasteiger partial charge in [0.25, 0.3) is 5.91 Å². The summed E-state index contributed by atoms with van der Waals surface area (Å²) < 4.78 is 48.0. The molecule has 8 nitrogen and oxygen atoms in total. The van der Waals surface area contributed by atoms with Gasteiger partial charge in [0.1, 0.15) is 17.3 Å². The fourth-order valence-electron chi connectivity index (χ4n) is 2.73. The van der Waals surface area contributed by atoms with Gasteiger partial charge in [-0.1, -0.05) is 11.6 Å². The Morgan fingerprint density at radius 2 is 2.14 bits per heavy atom. The molecule has 0 saturated carbocycles. The van der Waals surface area contributed by atoms with Crippen LogP contribution in [0.2, 0.25) is 5.02 Å². The zero-order valence-electron chi connectivity index (χ0n) is 15.3. The van der Waals surface area contributed by atoms with Crippen LogP contribution in [0.25, 0.3) is 0 Å². The van der Waals surface area contributed by atoms with Gasteiger partial charge in [-0.05, 0) is 32.0 Å². The lowest BCUT2D eigenvalue weighted by molar-refractivity contribution is 0.0288. The number of anilines is 1. The normalized spacial score (nSPS) is 18.7. The van der Waals surface area contributed by atoms with Gasteiger partial charge in [-0.15, -0.1) is 0 Å². The first-order valence-corrected chi connectivity index (χ1v) is 10.1. The van der Waals surface area contributed by atoms with Crippen LogP contribution in [0.1, 0.15) is 24.3 Å². The number of carbonyl (C=O) groups is 1. The van der Waals surface area contributed by atoms with Gasteiger partial charge in [-0.3, -0.25) is 4.79 Å². The van der Waals surface area contributed by atoms with Gasteiger partial charge in [0.05, 0.1) is 16.7 Å². The monoisotopic (exact) mass is 431 g/mol. The van der Waals surface area contributed by atoms with Crippen molar-refractivity contribution in [1.29, 1.82) is 0 Å². The van der Waals surface area contributed by atoms with E-state index in [0.717, 1.165) is 6.07 Å². The molecule has 2 aromatic rings. The highest BCUT2D eigenvalue weighted by Crippen LogP contribution is 2.34. The average molecular weight is 432 g/mol. The quantitative estimate of drug-likeness (QED) is 0.687. The van der Waals surface area contributed by atoms with Gasteiger partial charge in [-0.25, -0.2) is 17.5 Å². The summed E-state index contributed by atoms with van der Waals surface area (Å²) in [5, 5.41) is 12.5. The Labute approximate surface area is 166 Å². The third-order valence-corrected chi connectivity index (χ3v) is 6.08. The van der Waals surface area contributed by atoms with Crippen molar-refractivity contribution in [3.8, 4) is 5.75 Å². The molecule has 0 bridgehead atoms. The second-order valence-corrected chi connectivity index (χ2v) is 9.09. The topological polar surface area (TPSA) is 110 Å². The van der Waals surface area contributed by atoms with Crippen LogP contribution in [0.4, 0.5) is 10.1 Å². The maximum Gasteiger partial charge on any atom is 0.276 e. The Balaban J connectivity index is 1.98. The van der Waals surface area contributed by atoms with Crippen molar-refractivity contribution in [2.75, 3.05) is 11.9 Å². The molecule has 152 valence electrons. The van der Waals surface area contributed by atoms with Gasteiger partial charge in [0.2, 0.25) is 10.0 Å². The molecule has 1 amide bonds. The van der Waals surface area contributed by atoms with E-state index in [2.05, 4.69) is 10.0 Å². The van der Waals surface area contributed by atoms with Crippen LogP contribution in [-0.4, -0.2) is 42.2 Å². The van der Waals surface area contributed by atoms with E-state index in [0.29, 0.717) is 0 Å². The van der Waals surface area contributed by atoms with Gasteiger partial charge in [-0.2, -0.15) is 0 Å². The molecule has 1 atom stereocenters. The number of benzene rings is 1. The Kier molecular flexibility index (Phi) is 5.17. The predicted molar refractivity (Wildman–Crippen MR) is 101 cm³/mol. The molecule has 1 unspecified atom stereocenters. The maximum absolute atomic E-state index is 13.3. The number of ether oxygens (including phenoxy) is 1. The van der Waals surface area contributed by atoms with Crippen LogP contribution in [0, 0.1) is 5.82 Å². The first-order chi connectivity index (χ1) is 12.9. The number of hydrogen-bond acceptors (Lipinski definition) is 5. The summed E-state index contributed by atoms with van der Waals surface area (Å²) in [6.45, 7) is 2.72. The average Bonchev–Trinajstić information content (AvgIpc) is 2.84. The number of amides is 1. The van der Waals surface area contributed by atoms with E-state index in [9.17, 15) is 22.7 Å². The van der Waals surface area contributed by atoms with Crippen molar-refractivity contribution in [2.24, 2.45) is 7.05 Å². The molecular weight excluding hydrogens is 413 g/mol. The van der Waals surface area contributed by atoms with E-state index < -0.39 is 33.4 Å². The third kappa shape index (κ3) is 3.86. The van der Waals surface area contributed by atoms with Crippen molar-refractivity contribution in [2.45, 2.75) is 30.4 Å². The minimum Gasteiger partial charge on any atom is -0.488 e. The zero-order valence-corrected chi connectivity index (χ0v) is 16.9. The summed E-state index contributed by atoms with van der Waals surface area (Å²) in [5.74, 6) is -1.43. The predicted octanol–water partition coefficient (Wildman–Crippen LogP) is 1.88. The van der Waals surface area contributed by atoms with E-state index in [4.69, 9.17) is 16.3 Å². The number of nitrogens with one attached hydrogen (secondary N) is 2. The number of sulfonamides is 1. The first kappa shape index (κ1) is 20.6. The highest BCUT2D eigenvalue weighted by Gasteiger charge is 2.39. The molecule has 0 aliphatic carbocycles. The largest absolute Gasteiger partial charge is 0.488 e. The molecular formula is C17H19ClFN3O5S. The third-order valence-electron chi connectivity index (χ3n) is 4.33. The lowest BCUT2D eigenvalue weighted by Gasteiger charge is -2.27. The molecule has 3 N–H and O–H groups in total. The number of aliphatic hydroxyl groups is 1. The van der Waals surface area contributed by atoms with E-state index in [1.54, 1.807) is 0 Å². The zero-order chi connectivity index (χ0) is 20.9. The molecule has 3 rings (SSSR count). The summed E-state index contributed by atoms with van der Waals surface area (Å²) in [4.78, 5) is 12.5. The fourth-order valence-corrected chi connectivity index (χ4v) is 4.47. The number of aryl methyl sites for hydroxylation is 1. The lowest BCUT2D eigenvalue weighted by atomic mass is 10.0. The molecule has 2 heterocycles. The Morgan fingerprint density at radius 1 is 1.46 bits per heavy atom. The first-order valence-electron chi connectivity index (χ1n) is 8.23. The number of rotatable bonds is 3. The van der Waals surface area contributed by atoms with Crippen LogP contribution in [0.3, 0.4) is 0 Å². The molecule has 28 heavy (non-hydrogen) atoms. The Bertz CT molecular complexity index is 1050. The summed E-state index contributed by atoms with van der Waals surface area (Å²) in [6.07, 6.45) is 1.25. The van der Waals surface area contributed by atoms with Gasteiger partial charge in [0.15, 0.2) is 11.4 Å². The number of halogens is 2. The highest BCUT2D eigenvalue weighted by atomic mass is 35.5. The smallest absolute Gasteiger partial charge is 0.276 e. The molecule has 0 saturated heterocycles. The van der Waals surface area contributed by atoms with Crippen LogP contribution in [-0.2, 0) is 17.1 Å². The second kappa shape index (κ2) is 7.03. The molecule has 1 aliphatic heterocycles.